The Morgan fingerprint density at radius 1 is 0.960 bits per heavy atom. The van der Waals surface area contributed by atoms with Crippen molar-refractivity contribution in [2.75, 3.05) is 0 Å². The molecule has 0 amide bonds. The molecular weight excluding hydrogens is 300 g/mol. The second kappa shape index (κ2) is 13.0. The summed E-state index contributed by atoms with van der Waals surface area (Å²) in [4.78, 5) is 0. The van der Waals surface area contributed by atoms with Crippen LogP contribution in [0.5, 0.6) is 0 Å². The van der Waals surface area contributed by atoms with E-state index >= 15 is 0 Å². The predicted molar refractivity (Wildman–Crippen MR) is 117 cm³/mol. The predicted octanol–water partition coefficient (Wildman–Crippen LogP) is 7.67. The van der Waals surface area contributed by atoms with Gasteiger partial charge in [-0.2, -0.15) is 0 Å². The van der Waals surface area contributed by atoms with Crippen molar-refractivity contribution in [3.63, 3.8) is 0 Å². The first-order valence-corrected chi connectivity index (χ1v) is 8.98. The summed E-state index contributed by atoms with van der Waals surface area (Å²) in [6, 6.07) is 15.2. The van der Waals surface area contributed by atoms with Gasteiger partial charge in [0.05, 0.1) is 0 Å². The summed E-state index contributed by atoms with van der Waals surface area (Å²) in [6.07, 6.45) is 6.46. The summed E-state index contributed by atoms with van der Waals surface area (Å²) in [6.45, 7) is 20.5. The van der Waals surface area contributed by atoms with E-state index in [-0.39, 0.29) is 0 Å². The van der Waals surface area contributed by atoms with Crippen LogP contribution in [0.25, 0.3) is 11.6 Å². The highest BCUT2D eigenvalue weighted by atomic mass is 14.0. The van der Waals surface area contributed by atoms with Gasteiger partial charge in [-0.15, -0.1) is 13.2 Å². The largest absolute Gasteiger partial charge is 0.106 e. The van der Waals surface area contributed by atoms with E-state index in [1.54, 1.807) is 0 Å². The SMILES string of the molecule is C=C.C=C(C)c1ccc(CC)c(/C=C\C)c1.CCc1ccc(C)cc1. The molecule has 0 saturated carbocycles. The summed E-state index contributed by atoms with van der Waals surface area (Å²) >= 11 is 0. The Hall–Kier alpha value is -2.34. The van der Waals surface area contributed by atoms with Gasteiger partial charge in [-0.25, -0.2) is 0 Å². The van der Waals surface area contributed by atoms with Crippen LogP contribution in [0.2, 0.25) is 0 Å². The van der Waals surface area contributed by atoms with Crippen molar-refractivity contribution in [3.8, 4) is 0 Å². The molecule has 2 aromatic rings. The smallest absolute Gasteiger partial charge is 0.0222 e. The Balaban J connectivity index is 0.000000451. The fourth-order valence-electron chi connectivity index (χ4n) is 2.34. The lowest BCUT2D eigenvalue weighted by atomic mass is 9.99. The fourth-order valence-corrected chi connectivity index (χ4v) is 2.34. The summed E-state index contributed by atoms with van der Waals surface area (Å²) in [5.41, 5.74) is 7.82. The number of hydrogen-bond acceptors (Lipinski definition) is 0. The van der Waals surface area contributed by atoms with Crippen LogP contribution in [0, 0.1) is 6.92 Å². The van der Waals surface area contributed by atoms with E-state index in [1.807, 2.05) is 13.8 Å². The minimum Gasteiger partial charge on any atom is -0.106 e. The third kappa shape index (κ3) is 8.35. The maximum atomic E-state index is 3.96. The third-order valence-corrected chi connectivity index (χ3v) is 3.89. The molecule has 2 aromatic carbocycles. The van der Waals surface area contributed by atoms with Crippen molar-refractivity contribution < 1.29 is 0 Å². The van der Waals surface area contributed by atoms with Gasteiger partial charge >= 0.3 is 0 Å². The molecule has 0 aliphatic heterocycles. The van der Waals surface area contributed by atoms with Crippen LogP contribution in [0.4, 0.5) is 0 Å². The van der Waals surface area contributed by atoms with Crippen LogP contribution in [-0.2, 0) is 12.8 Å². The quantitative estimate of drug-likeness (QED) is 0.503. The van der Waals surface area contributed by atoms with E-state index in [9.17, 15) is 0 Å². The Morgan fingerprint density at radius 2 is 1.56 bits per heavy atom. The summed E-state index contributed by atoms with van der Waals surface area (Å²) < 4.78 is 0. The van der Waals surface area contributed by atoms with Gasteiger partial charge in [0.25, 0.3) is 0 Å². The molecule has 0 saturated heterocycles. The molecule has 0 nitrogen and oxygen atoms in total. The first-order chi connectivity index (χ1) is 12.0. The van der Waals surface area contributed by atoms with Crippen LogP contribution < -0.4 is 0 Å². The number of aryl methyl sites for hydroxylation is 3. The second-order valence-electron chi connectivity index (χ2n) is 5.89. The van der Waals surface area contributed by atoms with Gasteiger partial charge in [0.1, 0.15) is 0 Å². The second-order valence-corrected chi connectivity index (χ2v) is 5.89. The molecule has 0 fully saturated rings. The van der Waals surface area contributed by atoms with Crippen LogP contribution in [0.1, 0.15) is 55.5 Å². The first kappa shape index (κ1) is 22.7. The number of hydrogen-bond donors (Lipinski definition) is 0. The normalized spacial score (nSPS) is 9.64. The highest BCUT2D eigenvalue weighted by molar-refractivity contribution is 5.66. The zero-order valence-corrected chi connectivity index (χ0v) is 16.7. The molecule has 0 spiro atoms. The number of allylic oxidation sites excluding steroid dienone is 2. The van der Waals surface area contributed by atoms with Gasteiger partial charge in [-0.05, 0) is 61.9 Å². The standard InChI is InChI=1S/C14H18.C9H12.C2H4/c1-5-7-14-10-13(11(3)4)9-8-12(14)6-2;1-3-9-6-4-8(2)5-7-9;1-2/h5,7-10H,3,6H2,1-2,4H3;4-7H,3H2,1-2H3;1-2H2/b7-5-;;. The lowest BCUT2D eigenvalue weighted by Gasteiger charge is -2.06. The molecule has 134 valence electrons. The Bertz CT molecular complexity index is 657. The van der Waals surface area contributed by atoms with E-state index in [0.29, 0.717) is 0 Å². The lowest BCUT2D eigenvalue weighted by molar-refractivity contribution is 1.13. The molecule has 0 atom stereocenters. The maximum absolute atomic E-state index is 3.96. The Morgan fingerprint density at radius 3 is 2.00 bits per heavy atom. The van der Waals surface area contributed by atoms with Crippen molar-refractivity contribution >= 4 is 11.6 Å². The number of rotatable bonds is 4. The average molecular weight is 335 g/mol. The molecular formula is C25H34. The summed E-state index contributed by atoms with van der Waals surface area (Å²) in [5.74, 6) is 0. The molecule has 25 heavy (non-hydrogen) atoms. The third-order valence-electron chi connectivity index (χ3n) is 3.89. The minimum atomic E-state index is 1.08. The summed E-state index contributed by atoms with van der Waals surface area (Å²) in [5, 5.41) is 0. The van der Waals surface area contributed by atoms with Gasteiger partial charge in [-0.1, -0.05) is 80.1 Å². The molecule has 0 bridgehead atoms. The van der Waals surface area contributed by atoms with E-state index in [1.165, 1.54) is 27.8 Å². The zero-order valence-electron chi connectivity index (χ0n) is 16.7. The van der Waals surface area contributed by atoms with E-state index in [0.717, 1.165) is 18.4 Å². The molecule has 0 unspecified atom stereocenters. The van der Waals surface area contributed by atoms with Crippen LogP contribution in [0.3, 0.4) is 0 Å². The average Bonchev–Trinajstić information content (AvgIpc) is 2.65. The monoisotopic (exact) mass is 334 g/mol. The lowest BCUT2D eigenvalue weighted by Crippen LogP contribution is -1.88. The molecule has 0 aliphatic rings. The first-order valence-electron chi connectivity index (χ1n) is 8.98. The molecule has 0 heterocycles. The van der Waals surface area contributed by atoms with Crippen molar-refractivity contribution in [1.82, 2.24) is 0 Å². The molecule has 0 N–H and O–H groups in total. The van der Waals surface area contributed by atoms with Crippen LogP contribution in [-0.4, -0.2) is 0 Å². The van der Waals surface area contributed by atoms with Crippen LogP contribution in [0.15, 0.2) is 68.3 Å². The Labute approximate surface area is 155 Å². The van der Waals surface area contributed by atoms with Gasteiger partial charge in [0.15, 0.2) is 0 Å². The Kier molecular flexibility index (Phi) is 11.8. The van der Waals surface area contributed by atoms with Gasteiger partial charge in [0, 0.05) is 0 Å². The minimum absolute atomic E-state index is 1.08. The molecule has 0 radical (unpaired) electrons. The molecule has 2 rings (SSSR count). The van der Waals surface area contributed by atoms with E-state index in [4.69, 9.17) is 0 Å². The van der Waals surface area contributed by atoms with Crippen molar-refractivity contribution in [2.45, 2.75) is 47.5 Å². The van der Waals surface area contributed by atoms with E-state index in [2.05, 4.69) is 95.1 Å². The highest BCUT2D eigenvalue weighted by Gasteiger charge is 1.99. The topological polar surface area (TPSA) is 0 Å². The fraction of sp³-hybridized carbons (Fsp3) is 0.280. The maximum Gasteiger partial charge on any atom is -0.0222 e. The number of benzene rings is 2. The molecule has 0 aromatic heterocycles. The van der Waals surface area contributed by atoms with Crippen molar-refractivity contribution in [2.24, 2.45) is 0 Å². The summed E-state index contributed by atoms with van der Waals surface area (Å²) in [7, 11) is 0. The van der Waals surface area contributed by atoms with Gasteiger partial charge in [-0.3, -0.25) is 0 Å². The molecule has 0 aliphatic carbocycles. The van der Waals surface area contributed by atoms with Gasteiger partial charge < -0.3 is 0 Å². The molecule has 0 heteroatoms. The van der Waals surface area contributed by atoms with Gasteiger partial charge in [0.2, 0.25) is 0 Å². The van der Waals surface area contributed by atoms with Crippen molar-refractivity contribution in [3.05, 3.63) is 96.1 Å². The van der Waals surface area contributed by atoms with E-state index < -0.39 is 0 Å². The highest BCUT2D eigenvalue weighted by Crippen LogP contribution is 2.19. The zero-order chi connectivity index (χ0) is 19.2. The van der Waals surface area contributed by atoms with Crippen LogP contribution >= 0.6 is 0 Å². The van der Waals surface area contributed by atoms with Crippen molar-refractivity contribution in [1.29, 1.82) is 0 Å².